The minimum Gasteiger partial charge on any atom is -0.312 e. The van der Waals surface area contributed by atoms with Crippen LogP contribution >= 0.6 is 23.5 Å². The van der Waals surface area contributed by atoms with Crippen LogP contribution in [0.25, 0.3) is 0 Å². The van der Waals surface area contributed by atoms with E-state index >= 15 is 0 Å². The first-order valence-corrected chi connectivity index (χ1v) is 8.93. The number of nitrogens with one attached hydrogen (secondary N) is 1. The number of halogens is 1. The molecule has 0 saturated carbocycles. The number of rotatable bonds is 4. The third kappa shape index (κ3) is 3.67. The fourth-order valence-electron chi connectivity index (χ4n) is 2.71. The number of thioether (sulfide) groups is 2. The van der Waals surface area contributed by atoms with E-state index in [0.717, 1.165) is 11.1 Å². The number of benzene rings is 1. The quantitative estimate of drug-likeness (QED) is 0.902. The SMILES string of the molecule is CCC1SCCSC1C(NC)c1cc(C)cc(F)c1. The summed E-state index contributed by atoms with van der Waals surface area (Å²) < 4.78 is 13.6. The third-order valence-electron chi connectivity index (χ3n) is 3.56. The summed E-state index contributed by atoms with van der Waals surface area (Å²) in [5.41, 5.74) is 2.08. The highest BCUT2D eigenvalue weighted by Gasteiger charge is 2.32. The van der Waals surface area contributed by atoms with Gasteiger partial charge in [-0.3, -0.25) is 0 Å². The molecule has 1 aromatic rings. The molecule has 0 bridgehead atoms. The Morgan fingerprint density at radius 1 is 1.32 bits per heavy atom. The van der Waals surface area contributed by atoms with E-state index in [1.807, 2.05) is 25.7 Å². The number of aryl methyl sites for hydroxylation is 1. The topological polar surface area (TPSA) is 12.0 Å². The maximum absolute atomic E-state index is 13.6. The van der Waals surface area contributed by atoms with Gasteiger partial charge in [0, 0.05) is 28.0 Å². The van der Waals surface area contributed by atoms with E-state index in [0.29, 0.717) is 10.5 Å². The van der Waals surface area contributed by atoms with Crippen molar-refractivity contribution in [1.29, 1.82) is 0 Å². The molecule has 1 fully saturated rings. The highest BCUT2D eigenvalue weighted by Crippen LogP contribution is 2.40. The number of hydrogen-bond donors (Lipinski definition) is 1. The summed E-state index contributed by atoms with van der Waals surface area (Å²) in [5, 5.41) is 4.58. The van der Waals surface area contributed by atoms with E-state index in [-0.39, 0.29) is 11.9 Å². The third-order valence-corrected chi connectivity index (χ3v) is 6.91. The van der Waals surface area contributed by atoms with E-state index in [1.165, 1.54) is 17.9 Å². The first-order valence-electron chi connectivity index (χ1n) is 6.83. The van der Waals surface area contributed by atoms with Crippen molar-refractivity contribution in [2.45, 2.75) is 36.8 Å². The van der Waals surface area contributed by atoms with Gasteiger partial charge in [-0.05, 0) is 43.7 Å². The van der Waals surface area contributed by atoms with Gasteiger partial charge in [-0.1, -0.05) is 13.0 Å². The molecule has 1 N–H and O–H groups in total. The van der Waals surface area contributed by atoms with Crippen LogP contribution in [-0.2, 0) is 0 Å². The molecule has 19 heavy (non-hydrogen) atoms. The van der Waals surface area contributed by atoms with Gasteiger partial charge in [0.05, 0.1) is 0 Å². The van der Waals surface area contributed by atoms with Gasteiger partial charge in [-0.25, -0.2) is 4.39 Å². The highest BCUT2D eigenvalue weighted by molar-refractivity contribution is 8.07. The minimum atomic E-state index is -0.128. The molecule has 1 aliphatic rings. The Kier molecular flexibility index (Phi) is 5.60. The average Bonchev–Trinajstić information content (AvgIpc) is 2.39. The Hall–Kier alpha value is -0.190. The zero-order valence-electron chi connectivity index (χ0n) is 11.8. The van der Waals surface area contributed by atoms with Crippen LogP contribution in [0.1, 0.15) is 30.5 Å². The molecule has 2 rings (SSSR count). The van der Waals surface area contributed by atoms with Crippen molar-refractivity contribution in [2.24, 2.45) is 0 Å². The molecule has 0 aliphatic carbocycles. The molecule has 1 aromatic carbocycles. The standard InChI is InChI=1S/C15H22FNS2/c1-4-13-15(19-6-5-18-13)14(17-3)11-7-10(2)8-12(16)9-11/h7-9,13-15,17H,4-6H2,1-3H3. The van der Waals surface area contributed by atoms with Gasteiger partial charge >= 0.3 is 0 Å². The summed E-state index contributed by atoms with van der Waals surface area (Å²) in [7, 11) is 1.98. The van der Waals surface area contributed by atoms with Crippen LogP contribution in [0.2, 0.25) is 0 Å². The second-order valence-electron chi connectivity index (χ2n) is 4.98. The van der Waals surface area contributed by atoms with E-state index in [9.17, 15) is 4.39 Å². The maximum atomic E-state index is 13.6. The van der Waals surface area contributed by atoms with Crippen molar-refractivity contribution in [1.82, 2.24) is 5.32 Å². The fraction of sp³-hybridized carbons (Fsp3) is 0.600. The predicted octanol–water partition coefficient (Wildman–Crippen LogP) is 4.02. The van der Waals surface area contributed by atoms with Gasteiger partial charge in [-0.15, -0.1) is 0 Å². The summed E-state index contributed by atoms with van der Waals surface area (Å²) in [5.74, 6) is 2.30. The van der Waals surface area contributed by atoms with Crippen LogP contribution in [0.3, 0.4) is 0 Å². The van der Waals surface area contributed by atoms with Crippen LogP contribution in [0, 0.1) is 12.7 Å². The average molecular weight is 299 g/mol. The molecule has 1 nitrogen and oxygen atoms in total. The van der Waals surface area contributed by atoms with E-state index in [2.05, 4.69) is 30.1 Å². The number of hydrogen-bond acceptors (Lipinski definition) is 3. The zero-order chi connectivity index (χ0) is 13.8. The largest absolute Gasteiger partial charge is 0.312 e. The second-order valence-corrected chi connectivity index (χ2v) is 7.61. The maximum Gasteiger partial charge on any atom is 0.123 e. The lowest BCUT2D eigenvalue weighted by atomic mass is 9.98. The summed E-state index contributed by atoms with van der Waals surface area (Å²) in [6, 6.07) is 5.62. The molecule has 1 aliphatic heterocycles. The zero-order valence-corrected chi connectivity index (χ0v) is 13.4. The van der Waals surface area contributed by atoms with Gasteiger partial charge < -0.3 is 5.32 Å². The van der Waals surface area contributed by atoms with Crippen LogP contribution in [0.4, 0.5) is 4.39 Å². The summed E-state index contributed by atoms with van der Waals surface area (Å²) >= 11 is 4.09. The van der Waals surface area contributed by atoms with Crippen LogP contribution in [0.15, 0.2) is 18.2 Å². The molecular formula is C15H22FNS2. The molecule has 0 amide bonds. The molecule has 0 aromatic heterocycles. The van der Waals surface area contributed by atoms with Gasteiger partial charge in [-0.2, -0.15) is 23.5 Å². The Morgan fingerprint density at radius 2 is 2.05 bits per heavy atom. The first-order chi connectivity index (χ1) is 9.15. The lowest BCUT2D eigenvalue weighted by Crippen LogP contribution is -2.37. The summed E-state index contributed by atoms with van der Waals surface area (Å²) in [4.78, 5) is 0. The van der Waals surface area contributed by atoms with E-state index in [4.69, 9.17) is 0 Å². The summed E-state index contributed by atoms with van der Waals surface area (Å²) in [6.45, 7) is 4.21. The normalized spacial score (nSPS) is 25.3. The molecule has 1 heterocycles. The fourth-order valence-corrected chi connectivity index (χ4v) is 6.00. The molecule has 0 spiro atoms. The molecule has 4 heteroatoms. The van der Waals surface area contributed by atoms with E-state index < -0.39 is 0 Å². The van der Waals surface area contributed by atoms with Crippen molar-refractivity contribution in [3.8, 4) is 0 Å². The Bertz CT molecular complexity index is 404. The van der Waals surface area contributed by atoms with Crippen LogP contribution in [0.5, 0.6) is 0 Å². The second kappa shape index (κ2) is 7.00. The van der Waals surface area contributed by atoms with Gasteiger partial charge in [0.15, 0.2) is 0 Å². The predicted molar refractivity (Wildman–Crippen MR) is 85.7 cm³/mol. The molecule has 1 saturated heterocycles. The van der Waals surface area contributed by atoms with Crippen molar-refractivity contribution < 1.29 is 4.39 Å². The monoisotopic (exact) mass is 299 g/mol. The Morgan fingerprint density at radius 3 is 2.68 bits per heavy atom. The van der Waals surface area contributed by atoms with Crippen LogP contribution < -0.4 is 5.32 Å². The van der Waals surface area contributed by atoms with Crippen LogP contribution in [-0.4, -0.2) is 29.1 Å². The van der Waals surface area contributed by atoms with Crippen molar-refractivity contribution in [3.05, 3.63) is 35.1 Å². The first kappa shape index (κ1) is 15.2. The van der Waals surface area contributed by atoms with E-state index in [1.54, 1.807) is 12.1 Å². The highest BCUT2D eigenvalue weighted by atomic mass is 32.2. The van der Waals surface area contributed by atoms with Gasteiger partial charge in [0.25, 0.3) is 0 Å². The summed E-state index contributed by atoms with van der Waals surface area (Å²) in [6.07, 6.45) is 1.18. The Labute approximate surface area is 124 Å². The Balaban J connectivity index is 2.27. The van der Waals surface area contributed by atoms with Crippen molar-refractivity contribution in [2.75, 3.05) is 18.6 Å². The smallest absolute Gasteiger partial charge is 0.123 e. The lowest BCUT2D eigenvalue weighted by molar-refractivity contribution is 0.537. The molecular weight excluding hydrogens is 277 g/mol. The molecule has 3 atom stereocenters. The lowest BCUT2D eigenvalue weighted by Gasteiger charge is -2.36. The molecule has 3 unspecified atom stereocenters. The molecule has 0 radical (unpaired) electrons. The van der Waals surface area contributed by atoms with Gasteiger partial charge in [0.1, 0.15) is 5.82 Å². The minimum absolute atomic E-state index is 0.128. The molecule has 106 valence electrons. The van der Waals surface area contributed by atoms with Crippen molar-refractivity contribution >= 4 is 23.5 Å². The van der Waals surface area contributed by atoms with Gasteiger partial charge in [0.2, 0.25) is 0 Å². The van der Waals surface area contributed by atoms with Crippen molar-refractivity contribution in [3.63, 3.8) is 0 Å².